The predicted octanol–water partition coefficient (Wildman–Crippen LogP) is 2.84. The molecule has 1 saturated carbocycles. The molecule has 0 spiro atoms. The number of rotatable bonds is 8. The molecule has 1 aromatic rings. The summed E-state index contributed by atoms with van der Waals surface area (Å²) in [6, 6.07) is 8.06. The minimum Gasteiger partial charge on any atom is -0.492 e. The lowest BCUT2D eigenvalue weighted by Crippen LogP contribution is -2.75. The van der Waals surface area contributed by atoms with E-state index >= 15 is 0 Å². The van der Waals surface area contributed by atoms with Crippen LogP contribution in [-0.2, 0) is 9.53 Å². The van der Waals surface area contributed by atoms with E-state index in [0.717, 1.165) is 5.75 Å². The van der Waals surface area contributed by atoms with Gasteiger partial charge in [0, 0.05) is 18.4 Å². The monoisotopic (exact) mass is 348 g/mol. The highest BCUT2D eigenvalue weighted by molar-refractivity contribution is 5.88. The molecule has 3 N–H and O–H groups in total. The molecule has 25 heavy (non-hydrogen) atoms. The Hall–Kier alpha value is -1.59. The molecule has 0 radical (unpaired) electrons. The number of ether oxygens (including phenoxy) is 2. The third-order valence-electron chi connectivity index (χ3n) is 5.44. The SMILES string of the molecule is CCOC1CC(N)(C(=O)NCCOc2ccc(C(C)C)cc2)C1(C)C. The van der Waals surface area contributed by atoms with E-state index in [9.17, 15) is 4.79 Å². The molecule has 5 nitrogen and oxygen atoms in total. The van der Waals surface area contributed by atoms with E-state index in [4.69, 9.17) is 15.2 Å². The lowest BCUT2D eigenvalue weighted by Gasteiger charge is -2.57. The molecule has 5 heteroatoms. The van der Waals surface area contributed by atoms with Crippen LogP contribution in [0.25, 0.3) is 0 Å². The Balaban J connectivity index is 1.77. The Morgan fingerprint density at radius 3 is 2.48 bits per heavy atom. The van der Waals surface area contributed by atoms with Crippen molar-refractivity contribution in [2.75, 3.05) is 19.8 Å². The van der Waals surface area contributed by atoms with Gasteiger partial charge in [-0.2, -0.15) is 0 Å². The number of nitrogens with one attached hydrogen (secondary N) is 1. The van der Waals surface area contributed by atoms with E-state index in [1.807, 2.05) is 32.9 Å². The Bertz CT molecular complexity index is 583. The zero-order chi connectivity index (χ0) is 18.7. The first-order valence-corrected chi connectivity index (χ1v) is 9.14. The summed E-state index contributed by atoms with van der Waals surface area (Å²) in [6.07, 6.45) is 0.584. The van der Waals surface area contributed by atoms with Gasteiger partial charge >= 0.3 is 0 Å². The van der Waals surface area contributed by atoms with Gasteiger partial charge in [0.15, 0.2) is 0 Å². The van der Waals surface area contributed by atoms with Gasteiger partial charge in [-0.05, 0) is 30.5 Å². The molecule has 1 amide bonds. The van der Waals surface area contributed by atoms with Gasteiger partial charge in [-0.1, -0.05) is 39.8 Å². The van der Waals surface area contributed by atoms with Crippen LogP contribution in [0.3, 0.4) is 0 Å². The fraction of sp³-hybridized carbons (Fsp3) is 0.650. The maximum absolute atomic E-state index is 12.5. The summed E-state index contributed by atoms with van der Waals surface area (Å²) in [5.41, 5.74) is 6.37. The average Bonchev–Trinajstić information content (AvgIpc) is 2.58. The second kappa shape index (κ2) is 7.75. The van der Waals surface area contributed by atoms with Crippen molar-refractivity contribution in [2.45, 2.75) is 58.6 Å². The molecule has 2 rings (SSSR count). The summed E-state index contributed by atoms with van der Waals surface area (Å²) in [6.45, 7) is 11.7. The van der Waals surface area contributed by atoms with Crippen LogP contribution in [-0.4, -0.2) is 37.3 Å². The first-order valence-electron chi connectivity index (χ1n) is 9.14. The van der Waals surface area contributed by atoms with Crippen LogP contribution in [0.2, 0.25) is 0 Å². The van der Waals surface area contributed by atoms with Gasteiger partial charge in [0.25, 0.3) is 0 Å². The van der Waals surface area contributed by atoms with Gasteiger partial charge in [0.05, 0.1) is 12.6 Å². The van der Waals surface area contributed by atoms with E-state index < -0.39 is 5.54 Å². The molecule has 0 aromatic heterocycles. The van der Waals surface area contributed by atoms with Gasteiger partial charge < -0.3 is 20.5 Å². The van der Waals surface area contributed by atoms with Gasteiger partial charge in [0.2, 0.25) is 5.91 Å². The minimum atomic E-state index is -0.883. The first-order chi connectivity index (χ1) is 11.7. The van der Waals surface area contributed by atoms with Crippen LogP contribution >= 0.6 is 0 Å². The molecule has 0 aliphatic heterocycles. The molecule has 0 heterocycles. The van der Waals surface area contributed by atoms with Crippen LogP contribution in [0, 0.1) is 5.41 Å². The van der Waals surface area contributed by atoms with Crippen molar-refractivity contribution < 1.29 is 14.3 Å². The topological polar surface area (TPSA) is 73.6 Å². The molecule has 0 bridgehead atoms. The van der Waals surface area contributed by atoms with Crippen molar-refractivity contribution in [3.8, 4) is 5.75 Å². The fourth-order valence-corrected chi connectivity index (χ4v) is 3.26. The van der Waals surface area contributed by atoms with Crippen molar-refractivity contribution in [1.82, 2.24) is 5.32 Å². The molecule has 2 unspecified atom stereocenters. The smallest absolute Gasteiger partial charge is 0.240 e. The fourth-order valence-electron chi connectivity index (χ4n) is 3.26. The van der Waals surface area contributed by atoms with Gasteiger partial charge in [-0.3, -0.25) is 4.79 Å². The van der Waals surface area contributed by atoms with Crippen LogP contribution < -0.4 is 15.8 Å². The van der Waals surface area contributed by atoms with E-state index in [1.165, 1.54) is 5.56 Å². The van der Waals surface area contributed by atoms with Gasteiger partial charge in [-0.15, -0.1) is 0 Å². The lowest BCUT2D eigenvalue weighted by atomic mass is 9.54. The Morgan fingerprint density at radius 2 is 1.96 bits per heavy atom. The summed E-state index contributed by atoms with van der Waals surface area (Å²) in [5.74, 6) is 1.18. The zero-order valence-corrected chi connectivity index (χ0v) is 16.1. The first kappa shape index (κ1) is 19.7. The quantitative estimate of drug-likeness (QED) is 0.709. The van der Waals surface area contributed by atoms with Gasteiger partial charge in [0.1, 0.15) is 17.9 Å². The van der Waals surface area contributed by atoms with Crippen molar-refractivity contribution in [1.29, 1.82) is 0 Å². The highest BCUT2D eigenvalue weighted by atomic mass is 16.5. The summed E-state index contributed by atoms with van der Waals surface area (Å²) in [4.78, 5) is 12.5. The van der Waals surface area contributed by atoms with Crippen molar-refractivity contribution >= 4 is 5.91 Å². The molecule has 140 valence electrons. The molecular weight excluding hydrogens is 316 g/mol. The van der Waals surface area contributed by atoms with E-state index in [1.54, 1.807) is 0 Å². The average molecular weight is 348 g/mol. The number of benzene rings is 1. The van der Waals surface area contributed by atoms with Crippen LogP contribution in [0.15, 0.2) is 24.3 Å². The zero-order valence-electron chi connectivity index (χ0n) is 16.1. The predicted molar refractivity (Wildman–Crippen MR) is 99.8 cm³/mol. The van der Waals surface area contributed by atoms with Crippen molar-refractivity contribution in [3.05, 3.63) is 29.8 Å². The second-order valence-corrected chi connectivity index (χ2v) is 7.67. The third kappa shape index (κ3) is 3.98. The van der Waals surface area contributed by atoms with Crippen LogP contribution in [0.1, 0.15) is 52.5 Å². The molecular formula is C20H32N2O3. The van der Waals surface area contributed by atoms with Crippen LogP contribution in [0.5, 0.6) is 5.75 Å². The summed E-state index contributed by atoms with van der Waals surface area (Å²) in [5, 5.41) is 2.90. The lowest BCUT2D eigenvalue weighted by molar-refractivity contribution is -0.170. The van der Waals surface area contributed by atoms with E-state index in [2.05, 4.69) is 31.3 Å². The van der Waals surface area contributed by atoms with Gasteiger partial charge in [-0.25, -0.2) is 0 Å². The molecule has 1 aliphatic rings. The summed E-state index contributed by atoms with van der Waals surface area (Å²) in [7, 11) is 0. The minimum absolute atomic E-state index is 0.0315. The molecule has 0 saturated heterocycles. The number of nitrogens with two attached hydrogens (primary N) is 1. The second-order valence-electron chi connectivity index (χ2n) is 7.67. The summed E-state index contributed by atoms with van der Waals surface area (Å²) >= 11 is 0. The highest BCUT2D eigenvalue weighted by Crippen LogP contribution is 2.49. The van der Waals surface area contributed by atoms with E-state index in [0.29, 0.717) is 32.1 Å². The molecule has 1 aromatic carbocycles. The maximum Gasteiger partial charge on any atom is 0.240 e. The number of hydrogen-bond donors (Lipinski definition) is 2. The summed E-state index contributed by atoms with van der Waals surface area (Å²) < 4.78 is 11.4. The largest absolute Gasteiger partial charge is 0.492 e. The van der Waals surface area contributed by atoms with Crippen LogP contribution in [0.4, 0.5) is 0 Å². The number of hydrogen-bond acceptors (Lipinski definition) is 4. The number of amides is 1. The highest BCUT2D eigenvalue weighted by Gasteiger charge is 2.62. The molecule has 1 fully saturated rings. The Kier molecular flexibility index (Phi) is 6.12. The molecule has 2 atom stereocenters. The Labute approximate surface area is 151 Å². The molecule has 1 aliphatic carbocycles. The standard InChI is InChI=1S/C20H32N2O3/c1-6-24-17-13-20(21,19(17,4)5)18(23)22-11-12-25-16-9-7-15(8-10-16)14(2)3/h7-10,14,17H,6,11-13,21H2,1-5H3,(H,22,23). The Morgan fingerprint density at radius 1 is 1.32 bits per heavy atom. The van der Waals surface area contributed by atoms with E-state index in [-0.39, 0.29) is 17.4 Å². The third-order valence-corrected chi connectivity index (χ3v) is 5.44. The maximum atomic E-state index is 12.5. The number of carbonyl (C=O) groups excluding carboxylic acids is 1. The normalized spacial score (nSPS) is 24.7. The van der Waals surface area contributed by atoms with Crippen molar-refractivity contribution in [2.24, 2.45) is 11.1 Å². The van der Waals surface area contributed by atoms with Crippen molar-refractivity contribution in [3.63, 3.8) is 0 Å². The number of carbonyl (C=O) groups is 1.